The molecule has 0 aromatic carbocycles. The number of carbonyl (C=O) groups is 1. The van der Waals surface area contributed by atoms with Crippen LogP contribution in [0.15, 0.2) is 4.52 Å². The Balaban J connectivity index is 1.87. The van der Waals surface area contributed by atoms with Crippen LogP contribution < -0.4 is 0 Å². The maximum Gasteiger partial charge on any atom is 0.303 e. The summed E-state index contributed by atoms with van der Waals surface area (Å²) < 4.78 is 5.33. The van der Waals surface area contributed by atoms with Gasteiger partial charge in [0.15, 0.2) is 5.82 Å². The Bertz CT molecular complexity index is 479. The second-order valence-electron chi connectivity index (χ2n) is 6.94. The van der Waals surface area contributed by atoms with Gasteiger partial charge in [-0.25, -0.2) is 0 Å². The average molecular weight is 295 g/mol. The van der Waals surface area contributed by atoms with E-state index in [0.29, 0.717) is 18.4 Å². The lowest BCUT2D eigenvalue weighted by atomic mass is 9.93. The van der Waals surface area contributed by atoms with Crippen LogP contribution in [0, 0.1) is 5.92 Å². The van der Waals surface area contributed by atoms with Gasteiger partial charge in [-0.15, -0.1) is 0 Å². The van der Waals surface area contributed by atoms with Crippen LogP contribution in [-0.2, 0) is 16.8 Å². The number of carboxylic acids is 1. The second-order valence-corrected chi connectivity index (χ2v) is 6.94. The number of hydrogen-bond acceptors (Lipinski definition) is 5. The number of rotatable bonds is 5. The maximum atomic E-state index is 10.7. The van der Waals surface area contributed by atoms with Crippen LogP contribution in [0.3, 0.4) is 0 Å². The molecule has 6 heteroatoms. The molecule has 1 aliphatic heterocycles. The fourth-order valence-corrected chi connectivity index (χ4v) is 2.67. The summed E-state index contributed by atoms with van der Waals surface area (Å²) in [5, 5.41) is 12.8. The highest BCUT2D eigenvalue weighted by atomic mass is 16.5. The van der Waals surface area contributed by atoms with Crippen molar-refractivity contribution in [3.8, 4) is 0 Å². The van der Waals surface area contributed by atoms with E-state index >= 15 is 0 Å². The zero-order valence-electron chi connectivity index (χ0n) is 13.1. The molecule has 1 aromatic heterocycles. The van der Waals surface area contributed by atoms with Crippen molar-refractivity contribution in [3.63, 3.8) is 0 Å². The highest BCUT2D eigenvalue weighted by Gasteiger charge is 2.24. The standard InChI is InChI=1S/C15H25N3O3/c1-15(2,3)14-16-12(21-17-14)10-18-8-4-5-11(9-18)6-7-13(19)20/h11H,4-10H2,1-3H3,(H,19,20). The molecule has 1 aromatic rings. The van der Waals surface area contributed by atoms with Gasteiger partial charge in [-0.3, -0.25) is 9.69 Å². The minimum absolute atomic E-state index is 0.104. The van der Waals surface area contributed by atoms with Crippen LogP contribution in [-0.4, -0.2) is 39.2 Å². The quantitative estimate of drug-likeness (QED) is 0.898. The molecule has 0 spiro atoms. The molecule has 118 valence electrons. The third-order valence-electron chi connectivity index (χ3n) is 3.87. The van der Waals surface area contributed by atoms with Gasteiger partial charge in [0.25, 0.3) is 0 Å². The van der Waals surface area contributed by atoms with Crippen LogP contribution >= 0.6 is 0 Å². The Labute approximate surface area is 125 Å². The van der Waals surface area contributed by atoms with Gasteiger partial charge in [0.2, 0.25) is 5.89 Å². The molecule has 1 saturated heterocycles. The number of hydrogen-bond donors (Lipinski definition) is 1. The molecule has 1 N–H and O–H groups in total. The fourth-order valence-electron chi connectivity index (χ4n) is 2.67. The number of nitrogens with zero attached hydrogens (tertiary/aromatic N) is 3. The van der Waals surface area contributed by atoms with E-state index in [-0.39, 0.29) is 11.8 Å². The number of aromatic nitrogens is 2. The predicted molar refractivity (Wildman–Crippen MR) is 77.9 cm³/mol. The van der Waals surface area contributed by atoms with E-state index in [9.17, 15) is 4.79 Å². The van der Waals surface area contributed by atoms with Crippen molar-refractivity contribution < 1.29 is 14.4 Å². The molecule has 0 aliphatic carbocycles. The zero-order chi connectivity index (χ0) is 15.5. The molecule has 1 unspecified atom stereocenters. The Morgan fingerprint density at radius 3 is 2.86 bits per heavy atom. The van der Waals surface area contributed by atoms with E-state index in [0.717, 1.165) is 38.2 Å². The van der Waals surface area contributed by atoms with E-state index in [1.54, 1.807) is 0 Å². The SMILES string of the molecule is CC(C)(C)c1noc(CN2CCCC(CCC(=O)O)C2)n1. The number of aliphatic carboxylic acids is 1. The Kier molecular flexibility index (Phi) is 4.98. The number of likely N-dealkylation sites (tertiary alicyclic amines) is 1. The largest absolute Gasteiger partial charge is 0.481 e. The van der Waals surface area contributed by atoms with Gasteiger partial charge < -0.3 is 9.63 Å². The molecular formula is C15H25N3O3. The molecule has 1 atom stereocenters. The van der Waals surface area contributed by atoms with Crippen molar-refractivity contribution in [2.75, 3.05) is 13.1 Å². The lowest BCUT2D eigenvalue weighted by Crippen LogP contribution is -2.35. The van der Waals surface area contributed by atoms with Gasteiger partial charge in [-0.2, -0.15) is 4.98 Å². The van der Waals surface area contributed by atoms with Crippen molar-refractivity contribution in [2.24, 2.45) is 5.92 Å². The second kappa shape index (κ2) is 6.56. The minimum atomic E-state index is -0.709. The molecule has 0 radical (unpaired) electrons. The molecule has 0 amide bonds. The monoisotopic (exact) mass is 295 g/mol. The van der Waals surface area contributed by atoms with Gasteiger partial charge in [-0.1, -0.05) is 25.9 Å². The van der Waals surface area contributed by atoms with E-state index < -0.39 is 5.97 Å². The topological polar surface area (TPSA) is 79.5 Å². The predicted octanol–water partition coefficient (Wildman–Crippen LogP) is 2.44. The zero-order valence-corrected chi connectivity index (χ0v) is 13.1. The summed E-state index contributed by atoms with van der Waals surface area (Å²) in [7, 11) is 0. The summed E-state index contributed by atoms with van der Waals surface area (Å²) >= 11 is 0. The van der Waals surface area contributed by atoms with Gasteiger partial charge in [0.05, 0.1) is 6.54 Å². The Morgan fingerprint density at radius 2 is 2.24 bits per heavy atom. The van der Waals surface area contributed by atoms with Crippen molar-refractivity contribution in [2.45, 2.75) is 58.4 Å². The summed E-state index contributed by atoms with van der Waals surface area (Å²) in [6, 6.07) is 0. The molecule has 2 heterocycles. The van der Waals surface area contributed by atoms with Gasteiger partial charge in [0, 0.05) is 18.4 Å². The third kappa shape index (κ3) is 4.81. The van der Waals surface area contributed by atoms with Crippen LogP contribution in [0.1, 0.15) is 58.2 Å². The summed E-state index contributed by atoms with van der Waals surface area (Å²) in [5.74, 6) is 1.13. The van der Waals surface area contributed by atoms with Gasteiger partial charge >= 0.3 is 5.97 Å². The average Bonchev–Trinajstić information content (AvgIpc) is 2.85. The molecule has 21 heavy (non-hydrogen) atoms. The lowest BCUT2D eigenvalue weighted by molar-refractivity contribution is -0.137. The fraction of sp³-hybridized carbons (Fsp3) is 0.800. The molecular weight excluding hydrogens is 270 g/mol. The van der Waals surface area contributed by atoms with Crippen molar-refractivity contribution in [1.29, 1.82) is 0 Å². The van der Waals surface area contributed by atoms with Crippen molar-refractivity contribution in [1.82, 2.24) is 15.0 Å². The molecule has 6 nitrogen and oxygen atoms in total. The lowest BCUT2D eigenvalue weighted by Gasteiger charge is -2.31. The maximum absolute atomic E-state index is 10.7. The van der Waals surface area contributed by atoms with E-state index in [4.69, 9.17) is 9.63 Å². The van der Waals surface area contributed by atoms with Crippen LogP contribution in [0.2, 0.25) is 0 Å². The van der Waals surface area contributed by atoms with Gasteiger partial charge in [0.1, 0.15) is 0 Å². The summed E-state index contributed by atoms with van der Waals surface area (Å²) in [6.07, 6.45) is 3.22. The van der Waals surface area contributed by atoms with Gasteiger partial charge in [-0.05, 0) is 31.7 Å². The van der Waals surface area contributed by atoms with Crippen LogP contribution in [0.4, 0.5) is 0 Å². The molecule has 1 aliphatic rings. The first-order valence-corrected chi connectivity index (χ1v) is 7.62. The Hall–Kier alpha value is -1.43. The normalized spacial score (nSPS) is 20.6. The van der Waals surface area contributed by atoms with E-state index in [2.05, 4.69) is 35.8 Å². The smallest absolute Gasteiger partial charge is 0.303 e. The first-order valence-electron chi connectivity index (χ1n) is 7.62. The summed E-state index contributed by atoms with van der Waals surface area (Å²) in [4.78, 5) is 17.4. The number of piperidine rings is 1. The number of carboxylic acid groups (broad SMARTS) is 1. The first kappa shape index (κ1) is 15.9. The van der Waals surface area contributed by atoms with Crippen LogP contribution in [0.25, 0.3) is 0 Å². The summed E-state index contributed by atoms with van der Waals surface area (Å²) in [6.45, 7) is 8.77. The highest BCUT2D eigenvalue weighted by molar-refractivity contribution is 5.66. The van der Waals surface area contributed by atoms with Crippen molar-refractivity contribution in [3.05, 3.63) is 11.7 Å². The third-order valence-corrected chi connectivity index (χ3v) is 3.87. The Morgan fingerprint density at radius 1 is 1.48 bits per heavy atom. The first-order chi connectivity index (χ1) is 9.84. The minimum Gasteiger partial charge on any atom is -0.481 e. The molecule has 0 saturated carbocycles. The molecule has 1 fully saturated rings. The molecule has 0 bridgehead atoms. The van der Waals surface area contributed by atoms with E-state index in [1.807, 2.05) is 0 Å². The van der Waals surface area contributed by atoms with E-state index in [1.165, 1.54) is 0 Å². The highest BCUT2D eigenvalue weighted by Crippen LogP contribution is 2.23. The van der Waals surface area contributed by atoms with Crippen LogP contribution in [0.5, 0.6) is 0 Å². The summed E-state index contributed by atoms with van der Waals surface area (Å²) in [5.41, 5.74) is -0.104. The molecule has 2 rings (SSSR count). The van der Waals surface area contributed by atoms with Crippen molar-refractivity contribution >= 4 is 5.97 Å².